The fraction of sp³-hybridized carbons (Fsp3) is 0.778. The third kappa shape index (κ3) is 1.82. The summed E-state index contributed by atoms with van der Waals surface area (Å²) in [5.74, 6) is 2.38. The van der Waals surface area contributed by atoms with Crippen LogP contribution in [-0.4, -0.2) is 22.2 Å². The lowest BCUT2D eigenvalue weighted by molar-refractivity contribution is 0.429. The monoisotopic (exact) mass is 180 g/mol. The Morgan fingerprint density at radius 2 is 2.08 bits per heavy atom. The zero-order valence-electron chi connectivity index (χ0n) is 8.01. The molecule has 0 amide bonds. The number of rotatable bonds is 2. The predicted molar refractivity (Wildman–Crippen MR) is 51.8 cm³/mol. The molecule has 13 heavy (non-hydrogen) atoms. The minimum atomic E-state index is 0.614. The van der Waals surface area contributed by atoms with Crippen LogP contribution in [-0.2, 0) is 0 Å². The fourth-order valence-electron chi connectivity index (χ4n) is 1.94. The molecule has 72 valence electrons. The maximum Gasteiger partial charge on any atom is 0.241 e. The summed E-state index contributed by atoms with van der Waals surface area (Å²) in [6.45, 7) is 0. The van der Waals surface area contributed by atoms with Crippen LogP contribution in [0.4, 0.5) is 5.95 Å². The predicted octanol–water partition coefficient (Wildman–Crippen LogP) is 1.89. The van der Waals surface area contributed by atoms with Gasteiger partial charge in [-0.15, -0.1) is 5.10 Å². The molecule has 0 bridgehead atoms. The van der Waals surface area contributed by atoms with Crippen LogP contribution in [0.1, 0.15) is 43.8 Å². The average molecular weight is 180 g/mol. The van der Waals surface area contributed by atoms with E-state index in [9.17, 15) is 0 Å². The van der Waals surface area contributed by atoms with Crippen LogP contribution in [0, 0.1) is 0 Å². The Morgan fingerprint density at radius 1 is 1.31 bits per heavy atom. The van der Waals surface area contributed by atoms with Crippen molar-refractivity contribution in [1.82, 2.24) is 15.2 Å². The van der Waals surface area contributed by atoms with Gasteiger partial charge in [0.1, 0.15) is 5.82 Å². The largest absolute Gasteiger partial charge is 0.356 e. The van der Waals surface area contributed by atoms with E-state index in [1.165, 1.54) is 32.1 Å². The van der Waals surface area contributed by atoms with E-state index in [2.05, 4.69) is 20.5 Å². The average Bonchev–Trinajstić information content (AvgIpc) is 2.67. The summed E-state index contributed by atoms with van der Waals surface area (Å²) in [6.07, 6.45) is 6.57. The Morgan fingerprint density at radius 3 is 2.69 bits per heavy atom. The van der Waals surface area contributed by atoms with Crippen molar-refractivity contribution in [2.75, 3.05) is 12.4 Å². The molecule has 1 aromatic rings. The van der Waals surface area contributed by atoms with Crippen LogP contribution in [0.15, 0.2) is 0 Å². The molecule has 0 saturated heterocycles. The van der Waals surface area contributed by atoms with Crippen molar-refractivity contribution in [2.45, 2.75) is 38.0 Å². The van der Waals surface area contributed by atoms with Crippen molar-refractivity contribution in [3.8, 4) is 0 Å². The van der Waals surface area contributed by atoms with Crippen LogP contribution in [0.5, 0.6) is 0 Å². The molecule has 0 aromatic carbocycles. The van der Waals surface area contributed by atoms with Gasteiger partial charge in [-0.05, 0) is 12.8 Å². The molecule has 1 fully saturated rings. The molecule has 1 saturated carbocycles. The topological polar surface area (TPSA) is 53.6 Å². The Kier molecular flexibility index (Phi) is 2.47. The first-order chi connectivity index (χ1) is 6.40. The van der Waals surface area contributed by atoms with Gasteiger partial charge in [0.05, 0.1) is 0 Å². The molecule has 0 unspecified atom stereocenters. The molecule has 0 aliphatic heterocycles. The molecule has 0 atom stereocenters. The minimum absolute atomic E-state index is 0.614. The SMILES string of the molecule is CNc1n[nH]c(C2CCCCC2)n1. The molecule has 1 heterocycles. The maximum atomic E-state index is 4.37. The molecule has 0 radical (unpaired) electrons. The van der Waals surface area contributed by atoms with E-state index in [1.54, 1.807) is 0 Å². The quantitative estimate of drug-likeness (QED) is 0.730. The van der Waals surface area contributed by atoms with Crippen molar-refractivity contribution in [3.63, 3.8) is 0 Å². The fourth-order valence-corrected chi connectivity index (χ4v) is 1.94. The van der Waals surface area contributed by atoms with E-state index in [1.807, 2.05) is 7.05 Å². The summed E-state index contributed by atoms with van der Waals surface area (Å²) >= 11 is 0. The second-order valence-electron chi connectivity index (χ2n) is 3.63. The van der Waals surface area contributed by atoms with Crippen molar-refractivity contribution in [1.29, 1.82) is 0 Å². The summed E-state index contributed by atoms with van der Waals surface area (Å²) in [6, 6.07) is 0. The highest BCUT2D eigenvalue weighted by atomic mass is 15.3. The highest BCUT2D eigenvalue weighted by Crippen LogP contribution is 2.30. The van der Waals surface area contributed by atoms with Crippen LogP contribution >= 0.6 is 0 Å². The first-order valence-electron chi connectivity index (χ1n) is 5.00. The van der Waals surface area contributed by atoms with Crippen molar-refractivity contribution in [3.05, 3.63) is 5.82 Å². The number of hydrogen-bond acceptors (Lipinski definition) is 3. The van der Waals surface area contributed by atoms with Gasteiger partial charge in [0.15, 0.2) is 0 Å². The molecule has 2 N–H and O–H groups in total. The van der Waals surface area contributed by atoms with E-state index in [4.69, 9.17) is 0 Å². The molecule has 1 aromatic heterocycles. The number of hydrogen-bond donors (Lipinski definition) is 2. The highest BCUT2D eigenvalue weighted by Gasteiger charge is 2.18. The van der Waals surface area contributed by atoms with Gasteiger partial charge in [0.2, 0.25) is 5.95 Å². The Balaban J connectivity index is 2.05. The molecule has 4 heteroatoms. The lowest BCUT2D eigenvalue weighted by atomic mass is 9.89. The van der Waals surface area contributed by atoms with Gasteiger partial charge in [-0.25, -0.2) is 0 Å². The van der Waals surface area contributed by atoms with Crippen LogP contribution in [0.3, 0.4) is 0 Å². The summed E-state index contributed by atoms with van der Waals surface area (Å²) in [7, 11) is 1.84. The van der Waals surface area contributed by atoms with E-state index in [0.717, 1.165) is 5.82 Å². The first kappa shape index (κ1) is 8.53. The van der Waals surface area contributed by atoms with Crippen LogP contribution in [0.2, 0.25) is 0 Å². The number of aromatic amines is 1. The number of anilines is 1. The smallest absolute Gasteiger partial charge is 0.241 e. The first-order valence-corrected chi connectivity index (χ1v) is 5.00. The minimum Gasteiger partial charge on any atom is -0.356 e. The van der Waals surface area contributed by atoms with E-state index in [0.29, 0.717) is 11.9 Å². The van der Waals surface area contributed by atoms with E-state index < -0.39 is 0 Å². The zero-order chi connectivity index (χ0) is 9.10. The van der Waals surface area contributed by atoms with E-state index >= 15 is 0 Å². The number of nitrogens with one attached hydrogen (secondary N) is 2. The summed E-state index contributed by atoms with van der Waals surface area (Å²) in [4.78, 5) is 4.37. The maximum absolute atomic E-state index is 4.37. The molecule has 2 rings (SSSR count). The Labute approximate surface area is 78.1 Å². The molecular formula is C9H16N4. The molecule has 0 spiro atoms. The van der Waals surface area contributed by atoms with Crippen molar-refractivity contribution < 1.29 is 0 Å². The Bertz CT molecular complexity index is 262. The van der Waals surface area contributed by atoms with Gasteiger partial charge in [0, 0.05) is 13.0 Å². The summed E-state index contributed by atoms with van der Waals surface area (Å²) < 4.78 is 0. The van der Waals surface area contributed by atoms with Crippen molar-refractivity contribution in [2.24, 2.45) is 0 Å². The third-order valence-corrected chi connectivity index (χ3v) is 2.72. The van der Waals surface area contributed by atoms with Crippen LogP contribution in [0.25, 0.3) is 0 Å². The number of H-pyrrole nitrogens is 1. The molecule has 4 nitrogen and oxygen atoms in total. The van der Waals surface area contributed by atoms with Gasteiger partial charge in [-0.2, -0.15) is 4.98 Å². The van der Waals surface area contributed by atoms with Gasteiger partial charge in [0.25, 0.3) is 0 Å². The Hall–Kier alpha value is -1.06. The second-order valence-corrected chi connectivity index (χ2v) is 3.63. The van der Waals surface area contributed by atoms with Crippen LogP contribution < -0.4 is 5.32 Å². The molecule has 1 aliphatic rings. The van der Waals surface area contributed by atoms with Gasteiger partial charge >= 0.3 is 0 Å². The number of aromatic nitrogens is 3. The zero-order valence-corrected chi connectivity index (χ0v) is 8.01. The summed E-state index contributed by atoms with van der Waals surface area (Å²) in [5.41, 5.74) is 0. The lowest BCUT2D eigenvalue weighted by Gasteiger charge is -2.18. The molecule has 1 aliphatic carbocycles. The molecular weight excluding hydrogens is 164 g/mol. The van der Waals surface area contributed by atoms with Gasteiger partial charge in [-0.3, -0.25) is 5.10 Å². The number of nitrogens with zero attached hydrogens (tertiary/aromatic N) is 2. The normalized spacial score (nSPS) is 18.8. The van der Waals surface area contributed by atoms with Gasteiger partial charge in [-0.1, -0.05) is 19.3 Å². The van der Waals surface area contributed by atoms with Crippen molar-refractivity contribution >= 4 is 5.95 Å². The third-order valence-electron chi connectivity index (χ3n) is 2.72. The summed E-state index contributed by atoms with van der Waals surface area (Å²) in [5, 5.41) is 10.00. The van der Waals surface area contributed by atoms with Gasteiger partial charge < -0.3 is 5.32 Å². The second kappa shape index (κ2) is 3.77. The lowest BCUT2D eigenvalue weighted by Crippen LogP contribution is -2.06. The standard InChI is InChI=1S/C9H16N4/c1-10-9-11-8(12-13-9)7-5-3-2-4-6-7/h7H,2-6H2,1H3,(H2,10,11,12,13). The van der Waals surface area contributed by atoms with E-state index in [-0.39, 0.29) is 0 Å². The highest BCUT2D eigenvalue weighted by molar-refractivity contribution is 5.21.